The van der Waals surface area contributed by atoms with E-state index in [1.165, 1.54) is 25.3 Å². The molecule has 0 saturated carbocycles. The van der Waals surface area contributed by atoms with E-state index in [4.69, 9.17) is 9.15 Å². The molecule has 4 rings (SSSR count). The molecule has 1 aliphatic rings. The Bertz CT molecular complexity index is 1300. The van der Waals surface area contributed by atoms with Crippen molar-refractivity contribution in [3.8, 4) is 5.75 Å². The second-order valence-electron chi connectivity index (χ2n) is 7.27. The molecule has 3 aromatic rings. The summed E-state index contributed by atoms with van der Waals surface area (Å²) in [5, 5.41) is 2.26. The van der Waals surface area contributed by atoms with Crippen molar-refractivity contribution >= 4 is 46.5 Å². The Labute approximate surface area is 204 Å². The molecule has 35 heavy (non-hydrogen) atoms. The zero-order valence-corrected chi connectivity index (χ0v) is 19.4. The number of nitrogens with zero attached hydrogens (tertiary/aromatic N) is 1. The van der Waals surface area contributed by atoms with Gasteiger partial charge >= 0.3 is 5.97 Å². The molecule has 10 heteroatoms. The number of rotatable bonds is 8. The highest BCUT2D eigenvalue weighted by molar-refractivity contribution is 8.18. The molecule has 1 N–H and O–H groups in total. The van der Waals surface area contributed by atoms with Crippen LogP contribution in [0.15, 0.2) is 76.1 Å². The Balaban J connectivity index is 1.43. The van der Waals surface area contributed by atoms with Gasteiger partial charge in [0.2, 0.25) is 5.76 Å². The number of amides is 3. The Morgan fingerprint density at radius 3 is 2.54 bits per heavy atom. The van der Waals surface area contributed by atoms with Crippen molar-refractivity contribution in [1.82, 2.24) is 4.90 Å². The van der Waals surface area contributed by atoms with Crippen molar-refractivity contribution in [2.75, 3.05) is 19.0 Å². The summed E-state index contributed by atoms with van der Waals surface area (Å²) in [6.45, 7) is -0.362. The van der Waals surface area contributed by atoms with Gasteiger partial charge in [0, 0.05) is 11.3 Å². The summed E-state index contributed by atoms with van der Waals surface area (Å²) in [6.07, 6.45) is 1.54. The molecule has 1 aliphatic heterocycles. The summed E-state index contributed by atoms with van der Waals surface area (Å²) in [4.78, 5) is 50.3. The number of benzene rings is 2. The lowest BCUT2D eigenvalue weighted by Gasteiger charge is -2.11. The minimum absolute atomic E-state index is 0.0209. The van der Waals surface area contributed by atoms with Crippen LogP contribution in [0.5, 0.6) is 5.75 Å². The van der Waals surface area contributed by atoms with Gasteiger partial charge in [0.25, 0.3) is 17.1 Å². The van der Waals surface area contributed by atoms with E-state index >= 15 is 0 Å². The Morgan fingerprint density at radius 1 is 1.03 bits per heavy atom. The molecule has 0 aliphatic carbocycles. The van der Waals surface area contributed by atoms with E-state index in [1.54, 1.807) is 36.4 Å². The molecule has 2 aromatic carbocycles. The lowest BCUT2D eigenvalue weighted by molar-refractivity contribution is -0.123. The largest absolute Gasteiger partial charge is 0.483 e. The van der Waals surface area contributed by atoms with Gasteiger partial charge in [-0.25, -0.2) is 4.79 Å². The quantitative estimate of drug-likeness (QED) is 0.365. The second kappa shape index (κ2) is 10.7. The second-order valence-corrected chi connectivity index (χ2v) is 8.26. The molecule has 178 valence electrons. The van der Waals surface area contributed by atoms with E-state index < -0.39 is 17.1 Å². The van der Waals surface area contributed by atoms with Gasteiger partial charge in [0.1, 0.15) is 11.5 Å². The number of carbonyl (C=O) groups is 4. The number of esters is 1. The Hall–Kier alpha value is -4.31. The maximum atomic E-state index is 12.9. The fourth-order valence-corrected chi connectivity index (χ4v) is 4.03. The van der Waals surface area contributed by atoms with Crippen LogP contribution in [0.3, 0.4) is 0 Å². The third-order valence-corrected chi connectivity index (χ3v) is 5.77. The van der Waals surface area contributed by atoms with Gasteiger partial charge in [-0.1, -0.05) is 36.4 Å². The molecule has 2 heterocycles. The SMILES string of the molecule is COC(=O)c1ccc(CN2C(=O)S/C(=C/c3ccccc3OCC(=O)Nc3ccccc3)C2=O)o1. The number of para-hydroxylation sites is 2. The van der Waals surface area contributed by atoms with E-state index in [9.17, 15) is 19.2 Å². The normalized spacial score (nSPS) is 14.3. The molecule has 0 atom stereocenters. The number of nitrogens with one attached hydrogen (secondary N) is 1. The number of hydrogen-bond acceptors (Lipinski definition) is 8. The molecule has 0 radical (unpaired) electrons. The number of hydrogen-bond donors (Lipinski definition) is 1. The van der Waals surface area contributed by atoms with Crippen LogP contribution in [-0.4, -0.2) is 41.6 Å². The number of anilines is 1. The molecular formula is C25H20N2O7S. The number of methoxy groups -OCH3 is 1. The smallest absolute Gasteiger partial charge is 0.373 e. The first-order valence-corrected chi connectivity index (χ1v) is 11.3. The van der Waals surface area contributed by atoms with Gasteiger partial charge in [0.15, 0.2) is 6.61 Å². The first-order valence-electron chi connectivity index (χ1n) is 10.4. The van der Waals surface area contributed by atoms with Crippen LogP contribution >= 0.6 is 11.8 Å². The topological polar surface area (TPSA) is 115 Å². The van der Waals surface area contributed by atoms with Crippen molar-refractivity contribution < 1.29 is 33.1 Å². The highest BCUT2D eigenvalue weighted by Crippen LogP contribution is 2.35. The lowest BCUT2D eigenvalue weighted by Crippen LogP contribution is -2.27. The van der Waals surface area contributed by atoms with Crippen LogP contribution in [0.2, 0.25) is 0 Å². The molecule has 1 saturated heterocycles. The van der Waals surface area contributed by atoms with Crippen LogP contribution < -0.4 is 10.1 Å². The lowest BCUT2D eigenvalue weighted by atomic mass is 10.2. The molecule has 0 unspecified atom stereocenters. The predicted molar refractivity (Wildman–Crippen MR) is 129 cm³/mol. The maximum Gasteiger partial charge on any atom is 0.373 e. The molecule has 3 amide bonds. The fraction of sp³-hybridized carbons (Fsp3) is 0.120. The monoisotopic (exact) mass is 492 g/mol. The minimum atomic E-state index is -0.653. The van der Waals surface area contributed by atoms with E-state index in [-0.39, 0.29) is 35.5 Å². The number of thioether (sulfide) groups is 1. The van der Waals surface area contributed by atoms with Crippen molar-refractivity contribution in [2.45, 2.75) is 6.54 Å². The van der Waals surface area contributed by atoms with Gasteiger partial charge < -0.3 is 19.2 Å². The van der Waals surface area contributed by atoms with Crippen LogP contribution in [0.25, 0.3) is 6.08 Å². The van der Waals surface area contributed by atoms with Gasteiger partial charge in [-0.3, -0.25) is 19.3 Å². The van der Waals surface area contributed by atoms with Gasteiger partial charge in [-0.05, 0) is 48.2 Å². The summed E-state index contributed by atoms with van der Waals surface area (Å²) in [5.41, 5.74) is 1.19. The van der Waals surface area contributed by atoms with Crippen molar-refractivity contribution in [3.05, 3.63) is 88.7 Å². The van der Waals surface area contributed by atoms with Crippen LogP contribution in [0.1, 0.15) is 21.9 Å². The van der Waals surface area contributed by atoms with Crippen LogP contribution in [0, 0.1) is 0 Å². The average Bonchev–Trinajstić information content (AvgIpc) is 3.44. The first-order chi connectivity index (χ1) is 16.9. The van der Waals surface area contributed by atoms with E-state index in [0.29, 0.717) is 17.0 Å². The first kappa shape index (κ1) is 23.8. The number of furan rings is 1. The predicted octanol–water partition coefficient (Wildman–Crippen LogP) is 4.32. The number of imide groups is 1. The summed E-state index contributed by atoms with van der Waals surface area (Å²) >= 11 is 0.779. The Morgan fingerprint density at radius 2 is 1.77 bits per heavy atom. The standard InChI is InChI=1S/C25H20N2O7S/c1-32-24(30)20-12-11-18(34-20)14-27-23(29)21(35-25(27)31)13-16-7-5-6-10-19(16)33-15-22(28)26-17-8-3-2-4-9-17/h2-13H,14-15H2,1H3,(H,26,28)/b21-13+. The zero-order chi connectivity index (χ0) is 24.8. The van der Waals surface area contributed by atoms with Crippen molar-refractivity contribution in [2.24, 2.45) is 0 Å². The van der Waals surface area contributed by atoms with Crippen molar-refractivity contribution in [1.29, 1.82) is 0 Å². The molecule has 0 spiro atoms. The molecule has 1 fully saturated rings. The van der Waals surface area contributed by atoms with Crippen LogP contribution in [0.4, 0.5) is 10.5 Å². The minimum Gasteiger partial charge on any atom is -0.483 e. The highest BCUT2D eigenvalue weighted by atomic mass is 32.2. The van der Waals surface area contributed by atoms with E-state index in [2.05, 4.69) is 10.1 Å². The molecule has 0 bridgehead atoms. The van der Waals surface area contributed by atoms with E-state index in [1.807, 2.05) is 18.2 Å². The fourth-order valence-electron chi connectivity index (χ4n) is 3.20. The number of carbonyl (C=O) groups excluding carboxylic acids is 4. The third kappa shape index (κ3) is 5.79. The Kier molecular flexibility index (Phi) is 7.32. The van der Waals surface area contributed by atoms with Gasteiger partial charge in [-0.15, -0.1) is 0 Å². The molecule has 9 nitrogen and oxygen atoms in total. The zero-order valence-electron chi connectivity index (χ0n) is 18.6. The third-order valence-electron chi connectivity index (χ3n) is 4.86. The average molecular weight is 493 g/mol. The van der Waals surface area contributed by atoms with Gasteiger partial charge in [-0.2, -0.15) is 0 Å². The summed E-state index contributed by atoms with van der Waals surface area (Å²) in [6, 6.07) is 18.8. The van der Waals surface area contributed by atoms with Crippen molar-refractivity contribution in [3.63, 3.8) is 0 Å². The summed E-state index contributed by atoms with van der Waals surface area (Å²) in [5.74, 6) is -0.867. The van der Waals surface area contributed by atoms with E-state index in [0.717, 1.165) is 16.7 Å². The maximum absolute atomic E-state index is 12.9. The highest BCUT2D eigenvalue weighted by Gasteiger charge is 2.36. The number of ether oxygens (including phenoxy) is 2. The molecular weight excluding hydrogens is 472 g/mol. The van der Waals surface area contributed by atoms with Crippen LogP contribution in [-0.2, 0) is 20.9 Å². The summed E-state index contributed by atoms with van der Waals surface area (Å²) < 4.78 is 15.6. The van der Waals surface area contributed by atoms with Gasteiger partial charge in [0.05, 0.1) is 18.6 Å². The summed E-state index contributed by atoms with van der Waals surface area (Å²) in [7, 11) is 1.23. The molecule has 1 aromatic heterocycles.